The maximum absolute atomic E-state index is 12.3. The Bertz CT molecular complexity index is 842. The van der Waals surface area contributed by atoms with Crippen molar-refractivity contribution in [2.45, 2.75) is 13.0 Å². The fourth-order valence-electron chi connectivity index (χ4n) is 2.82. The molecule has 0 bridgehead atoms. The molecule has 3 rings (SSSR count). The van der Waals surface area contributed by atoms with Crippen LogP contribution in [0.2, 0.25) is 0 Å². The van der Waals surface area contributed by atoms with Crippen molar-refractivity contribution in [3.05, 3.63) is 53.6 Å². The van der Waals surface area contributed by atoms with Crippen LogP contribution >= 0.6 is 0 Å². The predicted molar refractivity (Wildman–Crippen MR) is 95.7 cm³/mol. The minimum Gasteiger partial charge on any atom is -0.493 e. The molecule has 0 N–H and O–H groups in total. The molecular formula is C19H18F2N2O4. The Morgan fingerprint density at radius 3 is 2.85 bits per heavy atom. The zero-order chi connectivity index (χ0) is 19.2. The van der Waals surface area contributed by atoms with Gasteiger partial charge in [0.25, 0.3) is 5.91 Å². The van der Waals surface area contributed by atoms with Crippen molar-refractivity contribution in [3.8, 4) is 11.5 Å². The topological polar surface area (TPSA) is 60.4 Å². The monoisotopic (exact) mass is 376 g/mol. The van der Waals surface area contributed by atoms with Gasteiger partial charge in [-0.15, -0.1) is 0 Å². The van der Waals surface area contributed by atoms with Crippen LogP contribution in [0.4, 0.5) is 14.5 Å². The number of nitrogens with zero attached hydrogens (tertiary/aromatic N) is 2. The second-order valence-corrected chi connectivity index (χ2v) is 5.72. The van der Waals surface area contributed by atoms with Crippen LogP contribution in [0.25, 0.3) is 0 Å². The summed E-state index contributed by atoms with van der Waals surface area (Å²) in [5, 5.41) is 3.76. The molecule has 0 spiro atoms. The molecule has 0 saturated heterocycles. The first kappa shape index (κ1) is 18.6. The molecule has 0 atom stereocenters. The van der Waals surface area contributed by atoms with Gasteiger partial charge in [-0.25, -0.2) is 0 Å². The molecular weight excluding hydrogens is 358 g/mol. The van der Waals surface area contributed by atoms with Gasteiger partial charge in [-0.05, 0) is 36.2 Å². The smallest absolute Gasteiger partial charge is 0.387 e. The summed E-state index contributed by atoms with van der Waals surface area (Å²) in [4.78, 5) is 19.0. The third-order valence-corrected chi connectivity index (χ3v) is 4.06. The summed E-state index contributed by atoms with van der Waals surface area (Å²) in [5.41, 5.74) is 2.58. The molecule has 8 heteroatoms. The van der Waals surface area contributed by atoms with Crippen molar-refractivity contribution in [3.63, 3.8) is 0 Å². The van der Waals surface area contributed by atoms with Gasteiger partial charge < -0.3 is 19.2 Å². The molecule has 142 valence electrons. The molecule has 0 saturated carbocycles. The zero-order valence-corrected chi connectivity index (χ0v) is 14.6. The van der Waals surface area contributed by atoms with E-state index in [-0.39, 0.29) is 24.0 Å². The number of carbonyl (C=O) groups excluding carboxylic acids is 1. The SMILES string of the molecule is COc1cc(/C=N\OCC(=O)N2CCc3ccccc32)ccc1OC(F)F. The number of methoxy groups -OCH3 is 1. The van der Waals surface area contributed by atoms with Gasteiger partial charge in [0, 0.05) is 17.8 Å². The zero-order valence-electron chi connectivity index (χ0n) is 14.6. The average molecular weight is 376 g/mol. The van der Waals surface area contributed by atoms with E-state index in [0.717, 1.165) is 17.7 Å². The third-order valence-electron chi connectivity index (χ3n) is 4.06. The summed E-state index contributed by atoms with van der Waals surface area (Å²) >= 11 is 0. The van der Waals surface area contributed by atoms with Gasteiger partial charge in [0.15, 0.2) is 18.1 Å². The molecule has 6 nitrogen and oxygen atoms in total. The maximum Gasteiger partial charge on any atom is 0.387 e. The highest BCUT2D eigenvalue weighted by molar-refractivity contribution is 5.96. The van der Waals surface area contributed by atoms with Crippen LogP contribution in [0.3, 0.4) is 0 Å². The molecule has 2 aromatic rings. The van der Waals surface area contributed by atoms with Crippen molar-refractivity contribution >= 4 is 17.8 Å². The number of amides is 1. The number of hydrogen-bond acceptors (Lipinski definition) is 5. The highest BCUT2D eigenvalue weighted by Gasteiger charge is 2.24. The van der Waals surface area contributed by atoms with E-state index in [1.165, 1.54) is 31.5 Å². The lowest BCUT2D eigenvalue weighted by atomic mass is 10.2. The Kier molecular flexibility index (Phi) is 5.85. The lowest BCUT2D eigenvalue weighted by Gasteiger charge is -2.16. The molecule has 0 aromatic heterocycles. The minimum absolute atomic E-state index is 0.0755. The number of oxime groups is 1. The van der Waals surface area contributed by atoms with Gasteiger partial charge in [-0.2, -0.15) is 8.78 Å². The number of fused-ring (bicyclic) bond motifs is 1. The first-order chi connectivity index (χ1) is 13.1. The quantitative estimate of drug-likeness (QED) is 0.550. The van der Waals surface area contributed by atoms with E-state index in [1.54, 1.807) is 4.90 Å². The second kappa shape index (κ2) is 8.48. The number of hydrogen-bond donors (Lipinski definition) is 0. The number of rotatable bonds is 7. The van der Waals surface area contributed by atoms with Gasteiger partial charge in [-0.1, -0.05) is 23.4 Å². The summed E-state index contributed by atoms with van der Waals surface area (Å²) < 4.78 is 34.0. The van der Waals surface area contributed by atoms with Gasteiger partial charge in [0.2, 0.25) is 0 Å². The second-order valence-electron chi connectivity index (χ2n) is 5.72. The van der Waals surface area contributed by atoms with Crippen LogP contribution in [-0.4, -0.2) is 39.0 Å². The van der Waals surface area contributed by atoms with E-state index >= 15 is 0 Å². The van der Waals surface area contributed by atoms with Crippen LogP contribution in [0.5, 0.6) is 11.5 Å². The lowest BCUT2D eigenvalue weighted by molar-refractivity contribution is -0.122. The maximum atomic E-state index is 12.3. The molecule has 0 fully saturated rings. The normalized spacial score (nSPS) is 13.1. The Balaban J connectivity index is 1.56. The van der Waals surface area contributed by atoms with Crippen molar-refractivity contribution in [2.24, 2.45) is 5.16 Å². The standard InChI is InChI=1S/C19H18F2N2O4/c1-25-17-10-13(6-7-16(17)27-19(20)21)11-22-26-12-18(24)23-9-8-14-4-2-3-5-15(14)23/h2-7,10-11,19H,8-9,12H2,1H3/b22-11-. The number of para-hydroxylation sites is 1. The predicted octanol–water partition coefficient (Wildman–Crippen LogP) is 3.24. The van der Waals surface area contributed by atoms with Crippen LogP contribution in [0.1, 0.15) is 11.1 Å². The minimum atomic E-state index is -2.94. The van der Waals surface area contributed by atoms with E-state index in [1.807, 2.05) is 24.3 Å². The Morgan fingerprint density at radius 1 is 1.26 bits per heavy atom. The lowest BCUT2D eigenvalue weighted by Crippen LogP contribution is -2.31. The molecule has 2 aromatic carbocycles. The molecule has 1 amide bonds. The van der Waals surface area contributed by atoms with Crippen molar-refractivity contribution in [2.75, 3.05) is 25.2 Å². The van der Waals surface area contributed by atoms with Crippen LogP contribution < -0.4 is 14.4 Å². The van der Waals surface area contributed by atoms with Crippen molar-refractivity contribution in [1.82, 2.24) is 0 Å². The van der Waals surface area contributed by atoms with E-state index in [4.69, 9.17) is 9.57 Å². The third kappa shape index (κ3) is 4.52. The van der Waals surface area contributed by atoms with Crippen LogP contribution in [0, 0.1) is 0 Å². The molecule has 1 aliphatic heterocycles. The van der Waals surface area contributed by atoms with Gasteiger partial charge >= 0.3 is 6.61 Å². The van der Waals surface area contributed by atoms with Crippen molar-refractivity contribution < 1.29 is 27.9 Å². The summed E-state index contributed by atoms with van der Waals surface area (Å²) in [5.74, 6) is -0.118. The molecule has 27 heavy (non-hydrogen) atoms. The van der Waals surface area contributed by atoms with E-state index in [2.05, 4.69) is 9.89 Å². The van der Waals surface area contributed by atoms with Gasteiger partial charge in [0.1, 0.15) is 0 Å². The van der Waals surface area contributed by atoms with E-state index in [9.17, 15) is 13.6 Å². The molecule has 1 aliphatic rings. The number of carbonyl (C=O) groups is 1. The summed E-state index contributed by atoms with van der Waals surface area (Å²) in [6.07, 6.45) is 2.18. The number of ether oxygens (including phenoxy) is 2. The fraction of sp³-hybridized carbons (Fsp3) is 0.263. The van der Waals surface area contributed by atoms with E-state index < -0.39 is 6.61 Å². The first-order valence-corrected chi connectivity index (χ1v) is 8.25. The largest absolute Gasteiger partial charge is 0.493 e. The highest BCUT2D eigenvalue weighted by atomic mass is 19.3. The molecule has 1 heterocycles. The Morgan fingerprint density at radius 2 is 2.07 bits per heavy atom. The van der Waals surface area contributed by atoms with E-state index in [0.29, 0.717) is 12.1 Å². The number of alkyl halides is 2. The van der Waals surface area contributed by atoms with Gasteiger partial charge in [-0.3, -0.25) is 4.79 Å². The van der Waals surface area contributed by atoms with Crippen molar-refractivity contribution in [1.29, 1.82) is 0 Å². The summed E-state index contributed by atoms with van der Waals surface area (Å²) in [7, 11) is 1.34. The molecule has 0 aliphatic carbocycles. The van der Waals surface area contributed by atoms with Crippen LogP contribution in [-0.2, 0) is 16.1 Å². The Labute approximate surface area is 154 Å². The highest BCUT2D eigenvalue weighted by Crippen LogP contribution is 2.29. The fourth-order valence-corrected chi connectivity index (χ4v) is 2.82. The van der Waals surface area contributed by atoms with Gasteiger partial charge in [0.05, 0.1) is 13.3 Å². The average Bonchev–Trinajstić information content (AvgIpc) is 3.10. The Hall–Kier alpha value is -3.16. The number of anilines is 1. The summed E-state index contributed by atoms with van der Waals surface area (Å²) in [6, 6.07) is 12.1. The first-order valence-electron chi connectivity index (χ1n) is 8.25. The van der Waals surface area contributed by atoms with Crippen LogP contribution in [0.15, 0.2) is 47.6 Å². The number of halogens is 2. The number of benzene rings is 2. The molecule has 0 radical (unpaired) electrons. The molecule has 0 unspecified atom stereocenters. The summed E-state index contributed by atoms with van der Waals surface area (Å²) in [6.45, 7) is -2.52.